The molecule has 0 spiro atoms. The number of carboxylic acid groups (broad SMARTS) is 1. The zero-order valence-corrected chi connectivity index (χ0v) is 11.0. The highest BCUT2D eigenvalue weighted by atomic mass is 35.5. The molecule has 1 rings (SSSR count). The Hall–Kier alpha value is -2.03. The van der Waals surface area contributed by atoms with Crippen molar-refractivity contribution in [2.24, 2.45) is 0 Å². The highest BCUT2D eigenvalue weighted by molar-refractivity contribution is 6.30. The number of alkyl halides is 3. The molecule has 1 aromatic carbocycles. The summed E-state index contributed by atoms with van der Waals surface area (Å²) in [6, 6.07) is 1.73. The Morgan fingerprint density at radius 1 is 1.33 bits per heavy atom. The highest BCUT2D eigenvalue weighted by Crippen LogP contribution is 2.20. The Balaban J connectivity index is 2.84. The first-order valence-electron chi connectivity index (χ1n) is 5.38. The van der Waals surface area contributed by atoms with E-state index in [1.807, 2.05) is 5.32 Å². The van der Waals surface area contributed by atoms with E-state index in [0.717, 1.165) is 18.2 Å². The number of benzene rings is 1. The van der Waals surface area contributed by atoms with Crippen LogP contribution in [0.1, 0.15) is 0 Å². The van der Waals surface area contributed by atoms with E-state index in [1.54, 1.807) is 0 Å². The van der Waals surface area contributed by atoms with E-state index in [2.05, 4.69) is 0 Å². The molecule has 5 nitrogen and oxygen atoms in total. The number of carbonyl (C=O) groups is 2. The van der Waals surface area contributed by atoms with Crippen molar-refractivity contribution in [3.63, 3.8) is 0 Å². The third-order valence-corrected chi connectivity index (χ3v) is 2.46. The van der Waals surface area contributed by atoms with Gasteiger partial charge in [0.1, 0.15) is 18.9 Å². The van der Waals surface area contributed by atoms with Gasteiger partial charge in [0, 0.05) is 5.69 Å². The summed E-state index contributed by atoms with van der Waals surface area (Å²) in [7, 11) is 0. The summed E-state index contributed by atoms with van der Waals surface area (Å²) in [5, 5.41) is 10.2. The van der Waals surface area contributed by atoms with Crippen LogP contribution < -0.4 is 5.32 Å². The molecule has 0 heterocycles. The first-order chi connectivity index (χ1) is 9.58. The van der Waals surface area contributed by atoms with Crippen LogP contribution in [0.3, 0.4) is 0 Å². The van der Waals surface area contributed by atoms with Crippen LogP contribution in [0.2, 0.25) is 5.02 Å². The van der Waals surface area contributed by atoms with Crippen LogP contribution in [0.4, 0.5) is 28.0 Å². The number of anilines is 1. The van der Waals surface area contributed by atoms with Crippen LogP contribution in [0.25, 0.3) is 0 Å². The van der Waals surface area contributed by atoms with Crippen LogP contribution in [0, 0.1) is 5.82 Å². The minimum atomic E-state index is -4.77. The predicted molar refractivity (Wildman–Crippen MR) is 65.7 cm³/mol. The summed E-state index contributed by atoms with van der Waals surface area (Å²) in [5.41, 5.74) is -0.153. The highest BCUT2D eigenvalue weighted by Gasteiger charge is 2.34. The SMILES string of the molecule is O=C(O)CN(CC(F)(F)F)C(=O)Nc1ccc(Cl)c(F)c1. The van der Waals surface area contributed by atoms with Gasteiger partial charge in [-0.05, 0) is 18.2 Å². The molecule has 0 saturated carbocycles. The Bertz CT molecular complexity index is 551. The van der Waals surface area contributed by atoms with E-state index >= 15 is 0 Å². The topological polar surface area (TPSA) is 69.6 Å². The number of rotatable bonds is 4. The van der Waals surface area contributed by atoms with E-state index in [4.69, 9.17) is 16.7 Å². The van der Waals surface area contributed by atoms with Gasteiger partial charge in [0.05, 0.1) is 5.02 Å². The molecule has 2 N–H and O–H groups in total. The molecule has 0 unspecified atom stereocenters. The van der Waals surface area contributed by atoms with Crippen molar-refractivity contribution in [2.45, 2.75) is 6.18 Å². The van der Waals surface area contributed by atoms with E-state index in [0.29, 0.717) is 0 Å². The third-order valence-electron chi connectivity index (χ3n) is 2.15. The molecule has 0 aromatic heterocycles. The molecule has 0 aliphatic carbocycles. The van der Waals surface area contributed by atoms with E-state index in [1.165, 1.54) is 0 Å². The van der Waals surface area contributed by atoms with E-state index in [-0.39, 0.29) is 15.6 Å². The molecule has 10 heteroatoms. The fourth-order valence-corrected chi connectivity index (χ4v) is 1.47. The lowest BCUT2D eigenvalue weighted by Crippen LogP contribution is -2.44. The van der Waals surface area contributed by atoms with Crippen LogP contribution in [-0.2, 0) is 4.79 Å². The molecule has 0 saturated heterocycles. The van der Waals surface area contributed by atoms with Crippen molar-refractivity contribution in [3.8, 4) is 0 Å². The van der Waals surface area contributed by atoms with E-state index in [9.17, 15) is 27.2 Å². The molecule has 0 bridgehead atoms. The summed E-state index contributed by atoms with van der Waals surface area (Å²) < 4.78 is 50.0. The molecule has 0 aliphatic heterocycles. The maximum atomic E-state index is 13.1. The Morgan fingerprint density at radius 2 is 1.95 bits per heavy atom. The van der Waals surface area contributed by atoms with Crippen LogP contribution >= 0.6 is 11.6 Å². The number of aliphatic carboxylic acids is 1. The Morgan fingerprint density at radius 3 is 2.43 bits per heavy atom. The van der Waals surface area contributed by atoms with Crippen LogP contribution in [0.5, 0.6) is 0 Å². The monoisotopic (exact) mass is 328 g/mol. The van der Waals surface area contributed by atoms with Crippen molar-refractivity contribution in [3.05, 3.63) is 29.0 Å². The fourth-order valence-electron chi connectivity index (χ4n) is 1.36. The summed E-state index contributed by atoms with van der Waals surface area (Å²) in [4.78, 5) is 22.1. The van der Waals surface area contributed by atoms with E-state index < -0.39 is 37.1 Å². The van der Waals surface area contributed by atoms with Gasteiger partial charge in [0.15, 0.2) is 0 Å². The average molecular weight is 329 g/mol. The van der Waals surface area contributed by atoms with Crippen molar-refractivity contribution in [1.82, 2.24) is 4.90 Å². The minimum absolute atomic E-state index is 0.0366. The number of hydrogen-bond donors (Lipinski definition) is 2. The lowest BCUT2D eigenvalue weighted by atomic mass is 10.3. The molecule has 0 aliphatic rings. The van der Waals surface area contributed by atoms with Gasteiger partial charge in [0.2, 0.25) is 0 Å². The van der Waals surface area contributed by atoms with Gasteiger partial charge in [0.25, 0.3) is 0 Å². The maximum absolute atomic E-state index is 13.1. The lowest BCUT2D eigenvalue weighted by molar-refractivity contribution is -0.148. The second-order valence-electron chi connectivity index (χ2n) is 3.92. The largest absolute Gasteiger partial charge is 0.480 e. The number of carboxylic acids is 1. The lowest BCUT2D eigenvalue weighted by Gasteiger charge is -2.22. The number of amides is 2. The molecule has 116 valence electrons. The number of hydrogen-bond acceptors (Lipinski definition) is 2. The van der Waals surface area contributed by atoms with Crippen molar-refractivity contribution in [2.75, 3.05) is 18.4 Å². The normalized spacial score (nSPS) is 11.1. The number of urea groups is 1. The molecule has 21 heavy (non-hydrogen) atoms. The minimum Gasteiger partial charge on any atom is -0.480 e. The summed E-state index contributed by atoms with van der Waals surface area (Å²) in [6.07, 6.45) is -4.77. The predicted octanol–water partition coefficient (Wildman–Crippen LogP) is 2.96. The first kappa shape index (κ1) is 17.0. The summed E-state index contributed by atoms with van der Waals surface area (Å²) in [5.74, 6) is -2.49. The van der Waals surface area contributed by atoms with Gasteiger partial charge in [-0.15, -0.1) is 0 Å². The van der Waals surface area contributed by atoms with Crippen molar-refractivity contribution in [1.29, 1.82) is 0 Å². The van der Waals surface area contributed by atoms with Gasteiger partial charge >= 0.3 is 18.2 Å². The molecule has 2 amide bonds. The van der Waals surface area contributed by atoms with Crippen molar-refractivity contribution < 1.29 is 32.3 Å². The molecule has 1 aromatic rings. The van der Waals surface area contributed by atoms with Gasteiger partial charge in [-0.1, -0.05) is 11.6 Å². The van der Waals surface area contributed by atoms with Gasteiger partial charge < -0.3 is 15.3 Å². The number of nitrogens with one attached hydrogen (secondary N) is 1. The quantitative estimate of drug-likeness (QED) is 0.835. The molecular formula is C11H9ClF4N2O3. The summed E-state index contributed by atoms with van der Waals surface area (Å²) in [6.45, 7) is -2.90. The Kier molecular flexibility index (Phi) is 5.36. The molecule has 0 fully saturated rings. The van der Waals surface area contributed by atoms with Gasteiger partial charge in [-0.3, -0.25) is 4.79 Å². The Labute approximate surface area is 121 Å². The fraction of sp³-hybridized carbons (Fsp3) is 0.273. The zero-order chi connectivity index (χ0) is 16.2. The average Bonchev–Trinajstić information content (AvgIpc) is 2.30. The maximum Gasteiger partial charge on any atom is 0.406 e. The number of halogens is 5. The number of carbonyl (C=O) groups excluding carboxylic acids is 1. The third kappa shape index (κ3) is 5.86. The molecular weight excluding hydrogens is 320 g/mol. The van der Waals surface area contributed by atoms with Crippen LogP contribution in [0.15, 0.2) is 18.2 Å². The zero-order valence-electron chi connectivity index (χ0n) is 10.2. The molecule has 0 atom stereocenters. The standard InChI is InChI=1S/C11H9ClF4N2O3/c12-7-2-1-6(3-8(7)13)17-10(21)18(4-9(19)20)5-11(14,15)16/h1-3H,4-5H2,(H,17,21)(H,19,20). The second-order valence-corrected chi connectivity index (χ2v) is 4.33. The molecule has 0 radical (unpaired) electrons. The van der Waals surface area contributed by atoms with Gasteiger partial charge in [-0.2, -0.15) is 13.2 Å². The summed E-state index contributed by atoms with van der Waals surface area (Å²) >= 11 is 5.41. The van der Waals surface area contributed by atoms with Crippen molar-refractivity contribution >= 4 is 29.3 Å². The number of nitrogens with zero attached hydrogens (tertiary/aromatic N) is 1. The second kappa shape index (κ2) is 6.61. The first-order valence-corrected chi connectivity index (χ1v) is 5.76. The van der Waals surface area contributed by atoms with Gasteiger partial charge in [-0.25, -0.2) is 9.18 Å². The smallest absolute Gasteiger partial charge is 0.406 e. The van der Waals surface area contributed by atoms with Crippen LogP contribution in [-0.4, -0.2) is 41.3 Å².